The van der Waals surface area contributed by atoms with Gasteiger partial charge in [-0.15, -0.1) is 0 Å². The Hall–Kier alpha value is -3.62. The molecule has 1 aromatic carbocycles. The number of fused-ring (bicyclic) bond motifs is 2. The fraction of sp³-hybridized carbons (Fsp3) is 0.333. The number of benzene rings is 1. The van der Waals surface area contributed by atoms with Crippen LogP contribution in [-0.4, -0.2) is 57.8 Å². The number of rotatable bonds is 8. The number of carbonyl (C=O) groups is 4. The molecule has 3 rings (SSSR count). The van der Waals surface area contributed by atoms with Gasteiger partial charge in [0.1, 0.15) is 12.6 Å². The Balaban J connectivity index is 1.83. The van der Waals surface area contributed by atoms with Gasteiger partial charge in [-0.1, -0.05) is 32.6 Å². The molecule has 1 aliphatic rings. The maximum Gasteiger partial charge on any atom is 0.329 e. The molecule has 1 aromatic heterocycles. The molecule has 9 heteroatoms. The molecule has 1 unspecified atom stereocenters. The summed E-state index contributed by atoms with van der Waals surface area (Å²) in [7, 11) is 0. The summed E-state index contributed by atoms with van der Waals surface area (Å²) in [5.41, 5.74) is 0.831. The van der Waals surface area contributed by atoms with Gasteiger partial charge in [-0.25, -0.2) is 14.8 Å². The lowest BCUT2D eigenvalue weighted by molar-refractivity contribution is -0.149. The third-order valence-electron chi connectivity index (χ3n) is 4.52. The number of hydrogen-bond donors (Lipinski definition) is 1. The molecule has 2 aromatic rings. The summed E-state index contributed by atoms with van der Waals surface area (Å²) in [5, 5.41) is 2.49. The fourth-order valence-corrected chi connectivity index (χ4v) is 3.15. The summed E-state index contributed by atoms with van der Waals surface area (Å²) in [4.78, 5) is 59.3. The van der Waals surface area contributed by atoms with Crippen LogP contribution in [0.2, 0.25) is 0 Å². The normalized spacial score (nSPS) is 14.0. The summed E-state index contributed by atoms with van der Waals surface area (Å²) < 4.78 is 5.21. The molecule has 9 nitrogen and oxygen atoms in total. The maximum absolute atomic E-state index is 13.0. The van der Waals surface area contributed by atoms with Crippen LogP contribution in [0.5, 0.6) is 0 Å². The quantitative estimate of drug-likeness (QED) is 0.303. The molecule has 0 saturated heterocycles. The van der Waals surface area contributed by atoms with Crippen molar-refractivity contribution in [1.82, 2.24) is 20.2 Å². The van der Waals surface area contributed by atoms with Gasteiger partial charge >= 0.3 is 5.97 Å². The van der Waals surface area contributed by atoms with E-state index in [4.69, 9.17) is 4.74 Å². The van der Waals surface area contributed by atoms with Gasteiger partial charge in [-0.3, -0.25) is 19.3 Å². The van der Waals surface area contributed by atoms with Crippen molar-refractivity contribution in [1.29, 1.82) is 0 Å². The molecular formula is C21H22N4O5. The van der Waals surface area contributed by atoms with Gasteiger partial charge in [-0.05, 0) is 30.5 Å². The van der Waals surface area contributed by atoms with Crippen molar-refractivity contribution < 1.29 is 23.9 Å². The molecule has 0 bridgehead atoms. The molecule has 1 N–H and O–H groups in total. The van der Waals surface area contributed by atoms with Crippen LogP contribution in [0.1, 0.15) is 41.2 Å². The first kappa shape index (κ1) is 21.1. The number of esters is 1. The summed E-state index contributed by atoms with van der Waals surface area (Å²) in [6.07, 6.45) is 1.33. The SMILES string of the molecule is C=CC(=O)NCCOC(=O)C(CC(C)C)N1C(=O)c2nc3ccccc3nc2C1=O. The van der Waals surface area contributed by atoms with E-state index in [2.05, 4.69) is 21.9 Å². The lowest BCUT2D eigenvalue weighted by Gasteiger charge is -2.25. The molecule has 0 fully saturated rings. The van der Waals surface area contributed by atoms with Crippen molar-refractivity contribution >= 4 is 34.7 Å². The van der Waals surface area contributed by atoms with Crippen molar-refractivity contribution in [2.24, 2.45) is 5.92 Å². The minimum Gasteiger partial charge on any atom is -0.462 e. The smallest absolute Gasteiger partial charge is 0.329 e. The zero-order valence-corrected chi connectivity index (χ0v) is 16.8. The molecule has 3 amide bonds. The van der Waals surface area contributed by atoms with Crippen LogP contribution in [0.4, 0.5) is 0 Å². The van der Waals surface area contributed by atoms with Crippen molar-refractivity contribution in [3.05, 3.63) is 48.3 Å². The van der Waals surface area contributed by atoms with Crippen LogP contribution in [0, 0.1) is 5.92 Å². The first-order chi connectivity index (χ1) is 14.3. The predicted molar refractivity (Wildman–Crippen MR) is 107 cm³/mol. The highest BCUT2D eigenvalue weighted by molar-refractivity contribution is 6.21. The molecular weight excluding hydrogens is 388 g/mol. The van der Waals surface area contributed by atoms with E-state index < -0.39 is 29.7 Å². The predicted octanol–water partition coefficient (Wildman–Crippen LogP) is 1.49. The number of carbonyl (C=O) groups excluding carboxylic acids is 4. The molecule has 0 radical (unpaired) electrons. The molecule has 2 heterocycles. The van der Waals surface area contributed by atoms with Crippen LogP contribution in [0.15, 0.2) is 36.9 Å². The molecule has 156 valence electrons. The Morgan fingerprint density at radius 2 is 1.70 bits per heavy atom. The third-order valence-corrected chi connectivity index (χ3v) is 4.52. The fourth-order valence-electron chi connectivity index (χ4n) is 3.15. The van der Waals surface area contributed by atoms with Gasteiger partial charge < -0.3 is 10.1 Å². The van der Waals surface area contributed by atoms with E-state index in [1.54, 1.807) is 24.3 Å². The Morgan fingerprint density at radius 1 is 1.13 bits per heavy atom. The van der Waals surface area contributed by atoms with E-state index in [-0.39, 0.29) is 36.9 Å². The van der Waals surface area contributed by atoms with E-state index in [1.165, 1.54) is 0 Å². The first-order valence-corrected chi connectivity index (χ1v) is 9.55. The number of ether oxygens (including phenoxy) is 1. The van der Waals surface area contributed by atoms with Crippen LogP contribution in [0.3, 0.4) is 0 Å². The number of aromatic nitrogens is 2. The molecule has 0 aliphatic carbocycles. The Bertz CT molecular complexity index is 979. The van der Waals surface area contributed by atoms with Crippen LogP contribution in [-0.2, 0) is 14.3 Å². The van der Waals surface area contributed by atoms with Crippen LogP contribution < -0.4 is 5.32 Å². The van der Waals surface area contributed by atoms with E-state index in [9.17, 15) is 19.2 Å². The zero-order chi connectivity index (χ0) is 21.8. The van der Waals surface area contributed by atoms with Crippen molar-refractivity contribution in [2.45, 2.75) is 26.3 Å². The number of amides is 3. The minimum atomic E-state index is -1.11. The molecule has 0 spiro atoms. The summed E-state index contributed by atoms with van der Waals surface area (Å²) in [6.45, 7) is 7.05. The summed E-state index contributed by atoms with van der Waals surface area (Å²) in [5.74, 6) is -2.45. The number of imide groups is 1. The van der Waals surface area contributed by atoms with E-state index in [0.717, 1.165) is 11.0 Å². The lowest BCUT2D eigenvalue weighted by atomic mass is 10.0. The maximum atomic E-state index is 13.0. The monoisotopic (exact) mass is 410 g/mol. The average Bonchev–Trinajstić information content (AvgIpc) is 2.97. The summed E-state index contributed by atoms with van der Waals surface area (Å²) in [6, 6.07) is 5.79. The van der Waals surface area contributed by atoms with Crippen molar-refractivity contribution in [2.75, 3.05) is 13.2 Å². The highest BCUT2D eigenvalue weighted by Gasteiger charge is 2.46. The Labute approximate surface area is 173 Å². The molecule has 1 atom stereocenters. The Morgan fingerprint density at radius 3 is 2.20 bits per heavy atom. The second-order valence-corrected chi connectivity index (χ2v) is 7.20. The summed E-state index contributed by atoms with van der Waals surface area (Å²) >= 11 is 0. The van der Waals surface area contributed by atoms with Gasteiger partial charge in [-0.2, -0.15) is 0 Å². The van der Waals surface area contributed by atoms with E-state index >= 15 is 0 Å². The average molecular weight is 410 g/mol. The Kier molecular flexibility index (Phi) is 6.20. The van der Waals surface area contributed by atoms with Crippen LogP contribution in [0.25, 0.3) is 11.0 Å². The topological polar surface area (TPSA) is 119 Å². The first-order valence-electron chi connectivity index (χ1n) is 9.55. The van der Waals surface area contributed by atoms with Gasteiger partial charge in [0.25, 0.3) is 11.8 Å². The van der Waals surface area contributed by atoms with Gasteiger partial charge in [0.15, 0.2) is 11.4 Å². The number of nitrogens with one attached hydrogen (secondary N) is 1. The van der Waals surface area contributed by atoms with Crippen molar-refractivity contribution in [3.63, 3.8) is 0 Å². The second kappa shape index (κ2) is 8.81. The lowest BCUT2D eigenvalue weighted by Crippen LogP contribution is -2.47. The molecule has 30 heavy (non-hydrogen) atoms. The van der Waals surface area contributed by atoms with Gasteiger partial charge in [0, 0.05) is 0 Å². The third kappa shape index (κ3) is 4.19. The minimum absolute atomic E-state index is 0.00678. The molecule has 0 saturated carbocycles. The standard InChI is InChI=1S/C21H22N4O5/c1-4-16(26)22-9-10-30-21(29)15(11-12(2)3)25-19(27)17-18(20(25)28)24-14-8-6-5-7-13(14)23-17/h4-8,12,15H,1,9-11H2,2-3H3,(H,22,26). The number of para-hydroxylation sites is 2. The van der Waals surface area contributed by atoms with E-state index in [1.807, 2.05) is 13.8 Å². The number of hydrogen-bond acceptors (Lipinski definition) is 7. The number of nitrogens with zero attached hydrogens (tertiary/aromatic N) is 3. The highest BCUT2D eigenvalue weighted by Crippen LogP contribution is 2.27. The van der Waals surface area contributed by atoms with E-state index in [0.29, 0.717) is 11.0 Å². The van der Waals surface area contributed by atoms with Gasteiger partial charge in [0.05, 0.1) is 17.6 Å². The largest absolute Gasteiger partial charge is 0.462 e. The van der Waals surface area contributed by atoms with Crippen LogP contribution >= 0.6 is 0 Å². The van der Waals surface area contributed by atoms with Gasteiger partial charge in [0.2, 0.25) is 5.91 Å². The highest BCUT2D eigenvalue weighted by atomic mass is 16.5. The van der Waals surface area contributed by atoms with Crippen molar-refractivity contribution in [3.8, 4) is 0 Å². The zero-order valence-electron chi connectivity index (χ0n) is 16.8. The second-order valence-electron chi connectivity index (χ2n) is 7.20. The molecule has 1 aliphatic heterocycles.